The Morgan fingerprint density at radius 1 is 1.00 bits per heavy atom. The van der Waals surface area contributed by atoms with Crippen molar-refractivity contribution in [3.8, 4) is 6.07 Å². The molecule has 0 fully saturated rings. The van der Waals surface area contributed by atoms with Gasteiger partial charge in [-0.2, -0.15) is 5.26 Å². The number of nitro groups is 1. The molecule has 0 N–H and O–H groups in total. The number of carbonyl (C=O) groups excluding carboxylic acids is 2. The highest BCUT2D eigenvalue weighted by Gasteiger charge is 2.37. The summed E-state index contributed by atoms with van der Waals surface area (Å²) in [6.45, 7) is 0. The highest BCUT2D eigenvalue weighted by molar-refractivity contribution is 6.34. The van der Waals surface area contributed by atoms with Gasteiger partial charge in [0.15, 0.2) is 0 Å². The zero-order chi connectivity index (χ0) is 15.9. The van der Waals surface area contributed by atoms with Crippen molar-refractivity contribution in [1.29, 1.82) is 5.26 Å². The number of imide groups is 1. The molecule has 22 heavy (non-hydrogen) atoms. The lowest BCUT2D eigenvalue weighted by molar-refractivity contribution is -0.384. The quantitative estimate of drug-likeness (QED) is 0.480. The predicted octanol–water partition coefficient (Wildman–Crippen LogP) is 2.27. The van der Waals surface area contributed by atoms with Crippen LogP contribution in [0.25, 0.3) is 0 Å². The summed E-state index contributed by atoms with van der Waals surface area (Å²) in [6, 6.07) is 11.4. The normalized spacial score (nSPS) is 13.0. The number of fused-ring (bicyclic) bond motifs is 1. The molecule has 7 nitrogen and oxygen atoms in total. The molecule has 106 valence electrons. The van der Waals surface area contributed by atoms with Crippen molar-refractivity contribution in [2.24, 2.45) is 0 Å². The zero-order valence-corrected chi connectivity index (χ0v) is 11.0. The lowest BCUT2D eigenvalue weighted by atomic mass is 10.1. The molecule has 0 saturated carbocycles. The SMILES string of the molecule is N#Cc1ccc(N2C(=O)c3ccc([N+](=O)[O-])cc3C2=O)cc1. The molecule has 2 amide bonds. The van der Waals surface area contributed by atoms with Crippen LogP contribution in [0.4, 0.5) is 11.4 Å². The third-order valence-corrected chi connectivity index (χ3v) is 3.34. The maximum absolute atomic E-state index is 12.4. The fourth-order valence-corrected chi connectivity index (χ4v) is 2.26. The Kier molecular flexibility index (Phi) is 2.93. The largest absolute Gasteiger partial charge is 0.270 e. The lowest BCUT2D eigenvalue weighted by Crippen LogP contribution is -2.29. The third kappa shape index (κ3) is 1.91. The van der Waals surface area contributed by atoms with Crippen molar-refractivity contribution in [2.75, 3.05) is 4.90 Å². The first-order valence-corrected chi connectivity index (χ1v) is 6.20. The van der Waals surface area contributed by atoms with Gasteiger partial charge in [0.2, 0.25) is 0 Å². The molecule has 0 aromatic heterocycles. The van der Waals surface area contributed by atoms with E-state index in [9.17, 15) is 19.7 Å². The van der Waals surface area contributed by atoms with Gasteiger partial charge in [-0.05, 0) is 30.3 Å². The van der Waals surface area contributed by atoms with Crippen LogP contribution in [0.1, 0.15) is 26.3 Å². The smallest absolute Gasteiger partial charge is 0.268 e. The first-order chi connectivity index (χ1) is 10.5. The highest BCUT2D eigenvalue weighted by atomic mass is 16.6. The molecule has 2 aromatic rings. The Labute approximate surface area is 124 Å². The van der Waals surface area contributed by atoms with Crippen LogP contribution in [0.2, 0.25) is 0 Å². The van der Waals surface area contributed by atoms with Gasteiger partial charge in [-0.15, -0.1) is 0 Å². The number of hydrogen-bond donors (Lipinski definition) is 0. The molecule has 7 heteroatoms. The molecule has 1 heterocycles. The average molecular weight is 293 g/mol. The van der Waals surface area contributed by atoms with Crippen LogP contribution in [-0.4, -0.2) is 16.7 Å². The van der Waals surface area contributed by atoms with Gasteiger partial charge in [0.05, 0.1) is 33.4 Å². The summed E-state index contributed by atoms with van der Waals surface area (Å²) in [5.41, 5.74) is 0.592. The van der Waals surface area contributed by atoms with Crippen LogP contribution in [0.3, 0.4) is 0 Å². The Balaban J connectivity index is 2.06. The minimum Gasteiger partial charge on any atom is -0.268 e. The second kappa shape index (κ2) is 4.79. The summed E-state index contributed by atoms with van der Waals surface area (Å²) in [5.74, 6) is -1.16. The van der Waals surface area contributed by atoms with Gasteiger partial charge < -0.3 is 0 Å². The number of nitrogens with zero attached hydrogens (tertiary/aromatic N) is 3. The number of anilines is 1. The Bertz CT molecular complexity index is 865. The molecule has 0 aliphatic carbocycles. The summed E-state index contributed by atoms with van der Waals surface area (Å²) < 4.78 is 0. The number of non-ortho nitro benzene ring substituents is 1. The van der Waals surface area contributed by atoms with Crippen molar-refractivity contribution >= 4 is 23.2 Å². The number of carbonyl (C=O) groups is 2. The summed E-state index contributed by atoms with van der Waals surface area (Å²) >= 11 is 0. The van der Waals surface area contributed by atoms with E-state index < -0.39 is 16.7 Å². The van der Waals surface area contributed by atoms with E-state index in [0.29, 0.717) is 11.3 Å². The van der Waals surface area contributed by atoms with Crippen LogP contribution >= 0.6 is 0 Å². The summed E-state index contributed by atoms with van der Waals surface area (Å²) in [4.78, 5) is 35.8. The number of hydrogen-bond acceptors (Lipinski definition) is 5. The van der Waals surface area contributed by atoms with Crippen molar-refractivity contribution in [2.45, 2.75) is 0 Å². The Morgan fingerprint density at radius 3 is 2.23 bits per heavy atom. The van der Waals surface area contributed by atoms with Gasteiger partial charge >= 0.3 is 0 Å². The van der Waals surface area contributed by atoms with E-state index in [2.05, 4.69) is 0 Å². The molecule has 2 aromatic carbocycles. The highest BCUT2D eigenvalue weighted by Crippen LogP contribution is 2.30. The second-order valence-electron chi connectivity index (χ2n) is 4.59. The summed E-state index contributed by atoms with van der Waals surface area (Å²) in [6.07, 6.45) is 0. The van der Waals surface area contributed by atoms with E-state index in [1.807, 2.05) is 6.07 Å². The first kappa shape index (κ1) is 13.5. The molecule has 0 spiro atoms. The molecule has 3 rings (SSSR count). The van der Waals surface area contributed by atoms with E-state index >= 15 is 0 Å². The number of nitro benzene ring substituents is 1. The third-order valence-electron chi connectivity index (χ3n) is 3.34. The van der Waals surface area contributed by atoms with Gasteiger partial charge in [0.25, 0.3) is 17.5 Å². The van der Waals surface area contributed by atoms with Crippen LogP contribution < -0.4 is 4.90 Å². The minimum absolute atomic E-state index is 0.00330. The first-order valence-electron chi connectivity index (χ1n) is 6.20. The average Bonchev–Trinajstić information content (AvgIpc) is 2.78. The fraction of sp³-hybridized carbons (Fsp3) is 0. The molecule has 0 saturated heterocycles. The number of nitriles is 1. The maximum atomic E-state index is 12.4. The molecule has 0 radical (unpaired) electrons. The lowest BCUT2D eigenvalue weighted by Gasteiger charge is -2.13. The van der Waals surface area contributed by atoms with E-state index in [1.165, 1.54) is 36.4 Å². The van der Waals surface area contributed by atoms with Crippen molar-refractivity contribution in [1.82, 2.24) is 0 Å². The van der Waals surface area contributed by atoms with E-state index in [-0.39, 0.29) is 16.8 Å². The maximum Gasteiger partial charge on any atom is 0.270 e. The monoisotopic (exact) mass is 293 g/mol. The van der Waals surface area contributed by atoms with Crippen LogP contribution in [0.15, 0.2) is 42.5 Å². The molecule has 0 unspecified atom stereocenters. The molecule has 1 aliphatic heterocycles. The van der Waals surface area contributed by atoms with Crippen molar-refractivity contribution in [3.05, 3.63) is 69.3 Å². The Morgan fingerprint density at radius 2 is 1.64 bits per heavy atom. The Hall–Kier alpha value is -3.53. The van der Waals surface area contributed by atoms with Crippen molar-refractivity contribution < 1.29 is 14.5 Å². The number of rotatable bonds is 2. The molecule has 1 aliphatic rings. The zero-order valence-electron chi connectivity index (χ0n) is 11.0. The topological polar surface area (TPSA) is 104 Å². The van der Waals surface area contributed by atoms with Crippen LogP contribution in [0, 0.1) is 21.4 Å². The summed E-state index contributed by atoms with van der Waals surface area (Å²) in [7, 11) is 0. The minimum atomic E-state index is -0.623. The molecular formula is C15H7N3O4. The predicted molar refractivity (Wildman–Crippen MR) is 75.4 cm³/mol. The summed E-state index contributed by atoms with van der Waals surface area (Å²) in [5, 5.41) is 19.5. The van der Waals surface area contributed by atoms with Crippen LogP contribution in [0.5, 0.6) is 0 Å². The van der Waals surface area contributed by atoms with Gasteiger partial charge in [0.1, 0.15) is 0 Å². The number of amides is 2. The van der Waals surface area contributed by atoms with Crippen LogP contribution in [-0.2, 0) is 0 Å². The van der Waals surface area contributed by atoms with E-state index in [4.69, 9.17) is 5.26 Å². The molecule has 0 bridgehead atoms. The molecule has 0 atom stereocenters. The van der Waals surface area contributed by atoms with Gasteiger partial charge in [-0.25, -0.2) is 4.90 Å². The van der Waals surface area contributed by atoms with E-state index in [1.54, 1.807) is 0 Å². The van der Waals surface area contributed by atoms with E-state index in [0.717, 1.165) is 11.0 Å². The molecular weight excluding hydrogens is 286 g/mol. The number of benzene rings is 2. The van der Waals surface area contributed by atoms with Crippen molar-refractivity contribution in [3.63, 3.8) is 0 Å². The van der Waals surface area contributed by atoms with Gasteiger partial charge in [-0.1, -0.05) is 0 Å². The standard InChI is InChI=1S/C15H7N3O4/c16-8-9-1-3-10(4-2-9)17-14(19)12-6-5-11(18(21)22)7-13(12)15(17)20/h1-7H. The van der Waals surface area contributed by atoms with Gasteiger partial charge in [0, 0.05) is 12.1 Å². The fourth-order valence-electron chi connectivity index (χ4n) is 2.26. The second-order valence-corrected chi connectivity index (χ2v) is 4.59. The van der Waals surface area contributed by atoms with Gasteiger partial charge in [-0.3, -0.25) is 19.7 Å².